The van der Waals surface area contributed by atoms with Crippen LogP contribution in [0.15, 0.2) is 0 Å². The second-order valence-electron chi connectivity index (χ2n) is 3.87. The Labute approximate surface area is 92.6 Å². The van der Waals surface area contributed by atoms with Gasteiger partial charge in [0, 0.05) is 6.54 Å². The summed E-state index contributed by atoms with van der Waals surface area (Å²) < 4.78 is 0. The number of nitrogens with one attached hydrogen (secondary N) is 1. The number of rotatable bonds is 3. The fraction of sp³-hybridized carbons (Fsp3) is 0.667. The number of carbonyl (C=O) groups excluding carboxylic acids is 2. The lowest BCUT2D eigenvalue weighted by Gasteiger charge is -2.23. The highest BCUT2D eigenvalue weighted by molar-refractivity contribution is 5.86. The lowest BCUT2D eigenvalue weighted by atomic mass is 10.0. The summed E-state index contributed by atoms with van der Waals surface area (Å²) in [7, 11) is 0. The molecule has 2 unspecified atom stereocenters. The van der Waals surface area contributed by atoms with Crippen molar-refractivity contribution in [1.82, 2.24) is 10.2 Å². The Morgan fingerprint density at radius 1 is 1.50 bits per heavy atom. The highest BCUT2D eigenvalue weighted by Crippen LogP contribution is 2.23. The number of urea groups is 1. The molecule has 90 valence electrons. The van der Waals surface area contributed by atoms with Gasteiger partial charge in [0.15, 0.2) is 0 Å². The van der Waals surface area contributed by atoms with Gasteiger partial charge in [-0.2, -0.15) is 0 Å². The predicted molar refractivity (Wildman–Crippen MR) is 54.5 cm³/mol. The van der Waals surface area contributed by atoms with Crippen LogP contribution >= 0.6 is 0 Å². The lowest BCUT2D eigenvalue weighted by molar-refractivity contribution is -0.142. The van der Waals surface area contributed by atoms with Crippen molar-refractivity contribution in [3.63, 3.8) is 0 Å². The number of hydrogen-bond acceptors (Lipinski definition) is 3. The van der Waals surface area contributed by atoms with Gasteiger partial charge in [-0.25, -0.2) is 9.59 Å². The number of aliphatic carboxylic acids is 1. The molecule has 0 aromatic rings. The molecule has 0 aromatic heterocycles. The van der Waals surface area contributed by atoms with E-state index >= 15 is 0 Å². The molecule has 0 aliphatic carbocycles. The number of hydrogen-bond donors (Lipinski definition) is 3. The zero-order chi connectivity index (χ0) is 12.3. The van der Waals surface area contributed by atoms with Crippen molar-refractivity contribution in [2.45, 2.75) is 19.4 Å². The first-order valence-corrected chi connectivity index (χ1v) is 4.99. The molecule has 2 atom stereocenters. The van der Waals surface area contributed by atoms with Crippen molar-refractivity contribution in [3.8, 4) is 0 Å². The van der Waals surface area contributed by atoms with Gasteiger partial charge in [-0.1, -0.05) is 6.92 Å². The minimum absolute atomic E-state index is 0.0863. The molecule has 1 aliphatic heterocycles. The fourth-order valence-corrected chi connectivity index (χ4v) is 1.82. The number of carboxylic acids is 1. The molecule has 1 saturated heterocycles. The van der Waals surface area contributed by atoms with Crippen molar-refractivity contribution in [2.24, 2.45) is 11.7 Å². The van der Waals surface area contributed by atoms with E-state index in [9.17, 15) is 14.4 Å². The van der Waals surface area contributed by atoms with Crippen LogP contribution in [0.25, 0.3) is 0 Å². The SMILES string of the molecule is CC1CCN(C(=O)NCC(N)=O)C1C(=O)O. The lowest BCUT2D eigenvalue weighted by Crippen LogP contribution is -2.49. The van der Waals surface area contributed by atoms with Crippen LogP contribution < -0.4 is 11.1 Å². The summed E-state index contributed by atoms with van der Waals surface area (Å²) in [5.41, 5.74) is 4.87. The van der Waals surface area contributed by atoms with Gasteiger partial charge in [0.25, 0.3) is 0 Å². The molecule has 1 heterocycles. The number of nitrogens with two attached hydrogens (primary N) is 1. The summed E-state index contributed by atoms with van der Waals surface area (Å²) in [6.45, 7) is 1.87. The highest BCUT2D eigenvalue weighted by Gasteiger charge is 2.39. The Balaban J connectivity index is 2.61. The maximum Gasteiger partial charge on any atom is 0.326 e. The van der Waals surface area contributed by atoms with Crippen LogP contribution in [-0.4, -0.2) is 47.0 Å². The zero-order valence-corrected chi connectivity index (χ0v) is 8.97. The fourth-order valence-electron chi connectivity index (χ4n) is 1.82. The van der Waals surface area contributed by atoms with Crippen molar-refractivity contribution in [2.75, 3.05) is 13.1 Å². The Morgan fingerprint density at radius 2 is 2.12 bits per heavy atom. The number of likely N-dealkylation sites (tertiary alicyclic amines) is 1. The van der Waals surface area contributed by atoms with Crippen LogP contribution in [0.5, 0.6) is 0 Å². The van der Waals surface area contributed by atoms with E-state index in [0.717, 1.165) is 0 Å². The van der Waals surface area contributed by atoms with Crippen LogP contribution in [0.3, 0.4) is 0 Å². The first-order chi connectivity index (χ1) is 7.43. The zero-order valence-electron chi connectivity index (χ0n) is 8.97. The van der Waals surface area contributed by atoms with E-state index in [4.69, 9.17) is 10.8 Å². The molecule has 1 rings (SSSR count). The van der Waals surface area contributed by atoms with Crippen LogP contribution in [0.2, 0.25) is 0 Å². The molecule has 0 spiro atoms. The first-order valence-electron chi connectivity index (χ1n) is 4.99. The smallest absolute Gasteiger partial charge is 0.326 e. The minimum atomic E-state index is -1.03. The van der Waals surface area contributed by atoms with Gasteiger partial charge < -0.3 is 21.1 Å². The largest absolute Gasteiger partial charge is 0.480 e. The Morgan fingerprint density at radius 3 is 2.62 bits per heavy atom. The van der Waals surface area contributed by atoms with Crippen molar-refractivity contribution < 1.29 is 19.5 Å². The van der Waals surface area contributed by atoms with E-state index < -0.39 is 23.9 Å². The monoisotopic (exact) mass is 229 g/mol. The maximum atomic E-state index is 11.6. The molecule has 0 bridgehead atoms. The molecular weight excluding hydrogens is 214 g/mol. The third-order valence-electron chi connectivity index (χ3n) is 2.63. The van der Waals surface area contributed by atoms with E-state index in [-0.39, 0.29) is 12.5 Å². The number of carbonyl (C=O) groups is 3. The number of primary amides is 1. The van der Waals surface area contributed by atoms with E-state index in [0.29, 0.717) is 13.0 Å². The van der Waals surface area contributed by atoms with Gasteiger partial charge in [-0.3, -0.25) is 4.79 Å². The summed E-state index contributed by atoms with van der Waals surface area (Å²) in [6.07, 6.45) is 0.640. The van der Waals surface area contributed by atoms with Crippen molar-refractivity contribution in [3.05, 3.63) is 0 Å². The molecule has 4 N–H and O–H groups in total. The summed E-state index contributed by atoms with van der Waals surface area (Å²) in [5.74, 6) is -1.77. The van der Waals surface area contributed by atoms with E-state index in [1.807, 2.05) is 0 Å². The third kappa shape index (κ3) is 2.62. The highest BCUT2D eigenvalue weighted by atomic mass is 16.4. The van der Waals surface area contributed by atoms with E-state index in [1.54, 1.807) is 6.92 Å². The van der Waals surface area contributed by atoms with Crippen LogP contribution in [0.4, 0.5) is 4.79 Å². The third-order valence-corrected chi connectivity index (χ3v) is 2.63. The topological polar surface area (TPSA) is 113 Å². The number of amides is 3. The molecule has 0 saturated carbocycles. The van der Waals surface area contributed by atoms with Gasteiger partial charge in [0.05, 0.1) is 6.54 Å². The average Bonchev–Trinajstić information content (AvgIpc) is 2.56. The second-order valence-corrected chi connectivity index (χ2v) is 3.87. The minimum Gasteiger partial charge on any atom is -0.480 e. The van der Waals surface area contributed by atoms with E-state index in [2.05, 4.69) is 5.32 Å². The average molecular weight is 229 g/mol. The molecule has 7 nitrogen and oxygen atoms in total. The Hall–Kier alpha value is -1.79. The molecular formula is C9H15N3O4. The van der Waals surface area contributed by atoms with Gasteiger partial charge >= 0.3 is 12.0 Å². The quantitative estimate of drug-likeness (QED) is 0.574. The predicted octanol–water partition coefficient (Wildman–Crippen LogP) is -1.02. The van der Waals surface area contributed by atoms with Crippen LogP contribution in [0.1, 0.15) is 13.3 Å². The Kier molecular flexibility index (Phi) is 3.70. The molecule has 16 heavy (non-hydrogen) atoms. The molecule has 0 radical (unpaired) electrons. The van der Waals surface area contributed by atoms with Gasteiger partial charge in [0.1, 0.15) is 6.04 Å². The molecule has 7 heteroatoms. The van der Waals surface area contributed by atoms with Crippen LogP contribution in [0, 0.1) is 5.92 Å². The van der Waals surface area contributed by atoms with Crippen molar-refractivity contribution in [1.29, 1.82) is 0 Å². The van der Waals surface area contributed by atoms with Crippen LogP contribution in [-0.2, 0) is 9.59 Å². The first kappa shape index (κ1) is 12.3. The van der Waals surface area contributed by atoms with Gasteiger partial charge in [-0.15, -0.1) is 0 Å². The maximum absolute atomic E-state index is 11.6. The normalized spacial score (nSPS) is 24.2. The van der Waals surface area contributed by atoms with Crippen molar-refractivity contribution >= 4 is 17.9 Å². The van der Waals surface area contributed by atoms with Gasteiger partial charge in [0.2, 0.25) is 5.91 Å². The summed E-state index contributed by atoms with van der Waals surface area (Å²) in [6, 6.07) is -1.39. The summed E-state index contributed by atoms with van der Waals surface area (Å²) >= 11 is 0. The summed E-state index contributed by atoms with van der Waals surface area (Å²) in [5, 5.41) is 11.2. The molecule has 1 fully saturated rings. The molecule has 1 aliphatic rings. The standard InChI is InChI=1S/C9H15N3O4/c1-5-2-3-12(7(5)8(14)15)9(16)11-4-6(10)13/h5,7H,2-4H2,1H3,(H2,10,13)(H,11,16)(H,14,15). The molecule has 3 amide bonds. The summed E-state index contributed by atoms with van der Waals surface area (Å²) in [4.78, 5) is 34.2. The molecule has 0 aromatic carbocycles. The second kappa shape index (κ2) is 4.82. The van der Waals surface area contributed by atoms with Gasteiger partial charge in [-0.05, 0) is 12.3 Å². The number of carboxylic acid groups (broad SMARTS) is 1. The van der Waals surface area contributed by atoms with E-state index in [1.165, 1.54) is 4.90 Å². The Bertz CT molecular complexity index is 318. The number of nitrogens with zero attached hydrogens (tertiary/aromatic N) is 1.